The zero-order valence-electron chi connectivity index (χ0n) is 15.2. The van der Waals surface area contributed by atoms with Crippen LogP contribution in [0.25, 0.3) is 11.0 Å². The van der Waals surface area contributed by atoms with Crippen LogP contribution in [-0.4, -0.2) is 48.7 Å². The molecule has 0 aliphatic heterocycles. The third-order valence-electron chi connectivity index (χ3n) is 4.04. The Morgan fingerprint density at radius 2 is 1.68 bits per heavy atom. The number of methoxy groups -OCH3 is 2. The zero-order chi connectivity index (χ0) is 20.6. The van der Waals surface area contributed by atoms with Gasteiger partial charge in [0.15, 0.2) is 11.3 Å². The van der Waals surface area contributed by atoms with Crippen LogP contribution in [0, 0.1) is 6.92 Å². The molecular formula is C17H16N4O6S. The van der Waals surface area contributed by atoms with Gasteiger partial charge in [0, 0.05) is 0 Å². The molecule has 1 aromatic carbocycles. The number of hydrogen-bond acceptors (Lipinski definition) is 9. The van der Waals surface area contributed by atoms with Crippen LogP contribution in [-0.2, 0) is 19.5 Å². The number of aromatic nitrogens is 3. The third-order valence-corrected chi connectivity index (χ3v) is 5.63. The minimum atomic E-state index is -4.12. The molecule has 0 saturated carbocycles. The number of ether oxygens (including phenoxy) is 2. The van der Waals surface area contributed by atoms with Gasteiger partial charge in [-0.25, -0.2) is 14.6 Å². The standard InChI is InChI=1S/C17H16N4O6S/c1-9-4-6-10(7-5-9)28(24,25)21-15-11(8-19-21)13(18)12(16(22)26-2)14(20-15)17(23)27-3/h4-8H,1-3H3,(H2,18,20). The number of fused-ring (bicyclic) bond motifs is 1. The number of carbonyl (C=O) groups excluding carboxylic acids is 2. The van der Waals surface area contributed by atoms with Crippen molar-refractivity contribution in [2.24, 2.45) is 0 Å². The van der Waals surface area contributed by atoms with E-state index in [4.69, 9.17) is 5.73 Å². The Kier molecular flexibility index (Phi) is 4.77. The highest BCUT2D eigenvalue weighted by Crippen LogP contribution is 2.29. The lowest BCUT2D eigenvalue weighted by molar-refractivity contribution is 0.0551. The molecule has 28 heavy (non-hydrogen) atoms. The van der Waals surface area contributed by atoms with Crippen LogP contribution < -0.4 is 5.73 Å². The van der Waals surface area contributed by atoms with Gasteiger partial charge in [0.25, 0.3) is 10.0 Å². The van der Waals surface area contributed by atoms with E-state index in [1.165, 1.54) is 12.1 Å². The molecule has 0 bridgehead atoms. The summed E-state index contributed by atoms with van der Waals surface area (Å²) in [6.07, 6.45) is 1.15. The van der Waals surface area contributed by atoms with Crippen molar-refractivity contribution < 1.29 is 27.5 Å². The molecule has 3 aromatic rings. The second kappa shape index (κ2) is 6.93. The maximum atomic E-state index is 13.0. The number of rotatable bonds is 4. The number of esters is 2. The van der Waals surface area contributed by atoms with Crippen molar-refractivity contribution in [3.8, 4) is 0 Å². The van der Waals surface area contributed by atoms with E-state index in [1.54, 1.807) is 12.1 Å². The molecule has 0 amide bonds. The van der Waals surface area contributed by atoms with Crippen molar-refractivity contribution in [1.29, 1.82) is 0 Å². The van der Waals surface area contributed by atoms with Crippen LogP contribution in [0.4, 0.5) is 5.69 Å². The van der Waals surface area contributed by atoms with Crippen molar-refractivity contribution in [1.82, 2.24) is 14.2 Å². The van der Waals surface area contributed by atoms with Crippen molar-refractivity contribution in [2.45, 2.75) is 11.8 Å². The molecule has 0 aliphatic carbocycles. The smallest absolute Gasteiger partial charge is 0.357 e. The highest BCUT2D eigenvalue weighted by molar-refractivity contribution is 7.90. The topological polar surface area (TPSA) is 143 Å². The second-order valence-corrected chi connectivity index (χ2v) is 7.54. The normalized spacial score (nSPS) is 11.4. The van der Waals surface area contributed by atoms with Crippen molar-refractivity contribution >= 4 is 38.7 Å². The van der Waals surface area contributed by atoms with Gasteiger partial charge in [0.1, 0.15) is 5.56 Å². The summed E-state index contributed by atoms with van der Waals surface area (Å²) in [7, 11) is -1.93. The Balaban J connectivity index is 2.33. The molecule has 0 saturated heterocycles. The van der Waals surface area contributed by atoms with Gasteiger partial charge < -0.3 is 15.2 Å². The van der Waals surface area contributed by atoms with Crippen LogP contribution >= 0.6 is 0 Å². The number of nitrogens with zero attached hydrogens (tertiary/aromatic N) is 3. The molecule has 0 radical (unpaired) electrons. The Morgan fingerprint density at radius 3 is 2.25 bits per heavy atom. The summed E-state index contributed by atoms with van der Waals surface area (Å²) in [5.41, 5.74) is 5.68. The van der Waals surface area contributed by atoms with Crippen LogP contribution in [0.5, 0.6) is 0 Å². The van der Waals surface area contributed by atoms with Gasteiger partial charge in [-0.3, -0.25) is 0 Å². The van der Waals surface area contributed by atoms with Gasteiger partial charge in [-0.1, -0.05) is 17.7 Å². The number of anilines is 1. The van der Waals surface area contributed by atoms with E-state index in [9.17, 15) is 18.0 Å². The van der Waals surface area contributed by atoms with Crippen molar-refractivity contribution in [2.75, 3.05) is 20.0 Å². The van der Waals surface area contributed by atoms with Crippen LogP contribution in [0.1, 0.15) is 26.4 Å². The molecule has 0 atom stereocenters. The second-order valence-electron chi connectivity index (χ2n) is 5.78. The van der Waals surface area contributed by atoms with E-state index in [0.717, 1.165) is 26.0 Å². The number of pyridine rings is 1. The first-order valence-corrected chi connectivity index (χ1v) is 9.32. The Hall–Kier alpha value is -3.47. The Morgan fingerprint density at radius 1 is 1.07 bits per heavy atom. The lowest BCUT2D eigenvalue weighted by atomic mass is 10.1. The molecule has 2 N–H and O–H groups in total. The van der Waals surface area contributed by atoms with E-state index >= 15 is 0 Å². The number of aryl methyl sites for hydroxylation is 1. The van der Waals surface area contributed by atoms with E-state index < -0.39 is 27.7 Å². The van der Waals surface area contributed by atoms with Gasteiger partial charge in [0.2, 0.25) is 0 Å². The maximum Gasteiger partial charge on any atom is 0.357 e. The zero-order valence-corrected chi connectivity index (χ0v) is 16.0. The summed E-state index contributed by atoms with van der Waals surface area (Å²) in [5.74, 6) is -1.89. The van der Waals surface area contributed by atoms with Crippen LogP contribution in [0.15, 0.2) is 35.4 Å². The summed E-state index contributed by atoms with van der Waals surface area (Å²) >= 11 is 0. The fraction of sp³-hybridized carbons (Fsp3) is 0.176. The summed E-state index contributed by atoms with van der Waals surface area (Å²) in [6.45, 7) is 1.82. The fourth-order valence-corrected chi connectivity index (χ4v) is 3.80. The minimum Gasteiger partial charge on any atom is -0.465 e. The van der Waals surface area contributed by atoms with E-state index in [0.29, 0.717) is 4.09 Å². The predicted molar refractivity (Wildman–Crippen MR) is 98.4 cm³/mol. The minimum absolute atomic E-state index is 0.0277. The highest BCUT2D eigenvalue weighted by Gasteiger charge is 2.29. The average Bonchev–Trinajstić information content (AvgIpc) is 3.12. The lowest BCUT2D eigenvalue weighted by Crippen LogP contribution is -2.19. The average molecular weight is 404 g/mol. The summed E-state index contributed by atoms with van der Waals surface area (Å²) < 4.78 is 35.9. The predicted octanol–water partition coefficient (Wildman–Crippen LogP) is 1.13. The molecule has 0 aliphatic rings. The first-order chi connectivity index (χ1) is 13.2. The molecule has 2 aromatic heterocycles. The summed E-state index contributed by atoms with van der Waals surface area (Å²) in [6, 6.07) is 6.11. The first-order valence-electron chi connectivity index (χ1n) is 7.88. The third kappa shape index (κ3) is 2.95. The largest absolute Gasteiger partial charge is 0.465 e. The summed E-state index contributed by atoms with van der Waals surface area (Å²) in [5, 5.41) is 3.93. The van der Waals surface area contributed by atoms with Crippen LogP contribution in [0.2, 0.25) is 0 Å². The number of nitrogens with two attached hydrogens (primary N) is 1. The Bertz CT molecular complexity index is 1200. The monoisotopic (exact) mass is 404 g/mol. The van der Waals surface area contributed by atoms with Crippen LogP contribution in [0.3, 0.4) is 0 Å². The molecule has 3 rings (SSSR count). The Labute approximate surface area is 159 Å². The number of benzene rings is 1. The molecule has 2 heterocycles. The lowest BCUT2D eigenvalue weighted by Gasteiger charge is -2.11. The number of nitrogen functional groups attached to an aromatic ring is 1. The molecule has 146 valence electrons. The number of carbonyl (C=O) groups is 2. The highest BCUT2D eigenvalue weighted by atomic mass is 32.2. The van der Waals surface area contributed by atoms with Gasteiger partial charge in [-0.05, 0) is 19.1 Å². The van der Waals surface area contributed by atoms with E-state index in [1.807, 2.05) is 6.92 Å². The quantitative estimate of drug-likeness (QED) is 0.633. The van der Waals surface area contributed by atoms with Crippen molar-refractivity contribution in [3.05, 3.63) is 47.3 Å². The first kappa shape index (κ1) is 19.3. The molecule has 0 unspecified atom stereocenters. The van der Waals surface area contributed by atoms with Gasteiger partial charge in [0.05, 0.1) is 36.4 Å². The molecule has 10 nitrogen and oxygen atoms in total. The molecule has 0 fully saturated rings. The van der Waals surface area contributed by atoms with E-state index in [2.05, 4.69) is 19.6 Å². The summed E-state index contributed by atoms with van der Waals surface area (Å²) in [4.78, 5) is 28.2. The molecular weight excluding hydrogens is 388 g/mol. The molecule has 0 spiro atoms. The molecule has 11 heteroatoms. The van der Waals surface area contributed by atoms with Gasteiger partial charge in [-0.15, -0.1) is 4.09 Å². The number of hydrogen-bond donors (Lipinski definition) is 1. The van der Waals surface area contributed by atoms with E-state index in [-0.39, 0.29) is 27.2 Å². The maximum absolute atomic E-state index is 13.0. The SMILES string of the molecule is COC(=O)c1nc2c(cnn2S(=O)(=O)c2ccc(C)cc2)c(N)c1C(=O)OC. The van der Waals surface area contributed by atoms with Gasteiger partial charge >= 0.3 is 11.9 Å². The van der Waals surface area contributed by atoms with Crippen molar-refractivity contribution in [3.63, 3.8) is 0 Å². The van der Waals surface area contributed by atoms with Gasteiger partial charge in [-0.2, -0.15) is 13.5 Å². The fourth-order valence-electron chi connectivity index (χ4n) is 2.58.